The lowest BCUT2D eigenvalue weighted by molar-refractivity contribution is -0.129. The van der Waals surface area contributed by atoms with Gasteiger partial charge in [0.2, 0.25) is 5.78 Å². The van der Waals surface area contributed by atoms with Crippen molar-refractivity contribution >= 4 is 22.7 Å². The van der Waals surface area contributed by atoms with Crippen LogP contribution in [0.4, 0.5) is 0 Å². The summed E-state index contributed by atoms with van der Waals surface area (Å²) in [6, 6.07) is 12.4. The van der Waals surface area contributed by atoms with Gasteiger partial charge in [-0.05, 0) is 36.2 Å². The second-order valence-corrected chi connectivity index (χ2v) is 7.78. The van der Waals surface area contributed by atoms with E-state index >= 15 is 0 Å². The molecule has 0 saturated carbocycles. The van der Waals surface area contributed by atoms with E-state index in [2.05, 4.69) is 6.92 Å². The Bertz CT molecular complexity index is 1190. The molecule has 3 aromatic rings. The predicted molar refractivity (Wildman–Crippen MR) is 119 cm³/mol. The normalized spacial score (nSPS) is 16.2. The van der Waals surface area contributed by atoms with E-state index in [-0.39, 0.29) is 17.1 Å². The van der Waals surface area contributed by atoms with Crippen molar-refractivity contribution in [3.8, 4) is 11.5 Å². The number of furan rings is 1. The number of amides is 1. The maximum atomic E-state index is 13.5. The fourth-order valence-electron chi connectivity index (χ4n) is 4.09. The minimum atomic E-state index is -0.775. The highest BCUT2D eigenvalue weighted by atomic mass is 16.5. The maximum absolute atomic E-state index is 13.5. The quantitative estimate of drug-likeness (QED) is 0.385. The van der Waals surface area contributed by atoms with E-state index in [1.165, 1.54) is 24.1 Å². The molecule has 1 amide bonds. The number of carbonyl (C=O) groups is 2. The Balaban J connectivity index is 1.78. The number of aliphatic hydroxyl groups excluding tert-OH is 1. The Morgan fingerprint density at radius 1 is 1.12 bits per heavy atom. The van der Waals surface area contributed by atoms with Crippen LogP contribution in [-0.2, 0) is 4.79 Å². The van der Waals surface area contributed by atoms with E-state index in [0.717, 1.165) is 19.3 Å². The molecule has 2 heterocycles. The summed E-state index contributed by atoms with van der Waals surface area (Å²) in [6.07, 6.45) is 2.63. The molecule has 2 N–H and O–H groups in total. The van der Waals surface area contributed by atoms with Gasteiger partial charge in [-0.3, -0.25) is 9.59 Å². The number of hydrogen-bond acceptors (Lipinski definition) is 6. The summed E-state index contributed by atoms with van der Waals surface area (Å²) < 4.78 is 11.1. The molecule has 7 nitrogen and oxygen atoms in total. The molecule has 4 rings (SSSR count). The van der Waals surface area contributed by atoms with Crippen LogP contribution >= 0.6 is 0 Å². The number of rotatable bonds is 8. The van der Waals surface area contributed by atoms with Gasteiger partial charge in [0, 0.05) is 11.9 Å². The number of ether oxygens (including phenoxy) is 1. The smallest absolute Gasteiger partial charge is 0.290 e. The minimum absolute atomic E-state index is 0.0121. The lowest BCUT2D eigenvalue weighted by Crippen LogP contribution is -2.32. The van der Waals surface area contributed by atoms with Gasteiger partial charge in [0.25, 0.3) is 5.91 Å². The Labute approximate surface area is 185 Å². The number of phenols is 1. The standard InChI is InChI=1S/C25H25NO6/c1-3-4-5-13-26-21(15-9-11-17(27)12-10-15)20(23(29)25(26)30)22(28)19-14-16-7-6-8-18(31-2)24(16)32-19/h6-12,14,21,27,29H,3-5,13H2,1-2H3. The number of para-hydroxylation sites is 1. The summed E-state index contributed by atoms with van der Waals surface area (Å²) >= 11 is 0. The van der Waals surface area contributed by atoms with E-state index in [9.17, 15) is 19.8 Å². The first-order valence-corrected chi connectivity index (χ1v) is 10.6. The van der Waals surface area contributed by atoms with Crippen LogP contribution in [0.5, 0.6) is 11.5 Å². The number of hydrogen-bond donors (Lipinski definition) is 2. The zero-order valence-corrected chi connectivity index (χ0v) is 18.0. The van der Waals surface area contributed by atoms with Gasteiger partial charge < -0.3 is 24.3 Å². The molecule has 166 valence electrons. The van der Waals surface area contributed by atoms with Crippen molar-refractivity contribution in [3.63, 3.8) is 0 Å². The largest absolute Gasteiger partial charge is 0.508 e. The maximum Gasteiger partial charge on any atom is 0.290 e. The van der Waals surface area contributed by atoms with Crippen LogP contribution < -0.4 is 4.74 Å². The van der Waals surface area contributed by atoms with Crippen LogP contribution in [0.3, 0.4) is 0 Å². The molecule has 0 bridgehead atoms. The average Bonchev–Trinajstić information content (AvgIpc) is 3.34. The number of aliphatic hydroxyl groups is 1. The van der Waals surface area contributed by atoms with Gasteiger partial charge in [0.15, 0.2) is 22.9 Å². The van der Waals surface area contributed by atoms with Gasteiger partial charge in [-0.1, -0.05) is 44.0 Å². The molecule has 1 aromatic heterocycles. The lowest BCUT2D eigenvalue weighted by atomic mass is 9.95. The number of benzene rings is 2. The Kier molecular flexibility index (Phi) is 5.90. The van der Waals surface area contributed by atoms with Gasteiger partial charge in [-0.2, -0.15) is 0 Å². The van der Waals surface area contributed by atoms with Crippen molar-refractivity contribution in [3.05, 3.63) is 71.2 Å². The van der Waals surface area contributed by atoms with Crippen LogP contribution in [0.2, 0.25) is 0 Å². The van der Waals surface area contributed by atoms with E-state index in [1.807, 2.05) is 0 Å². The minimum Gasteiger partial charge on any atom is -0.508 e. The van der Waals surface area contributed by atoms with E-state index in [1.54, 1.807) is 36.4 Å². The fraction of sp³-hybridized carbons (Fsp3) is 0.280. The summed E-state index contributed by atoms with van der Waals surface area (Å²) in [5.41, 5.74) is 1.01. The number of Topliss-reactive ketones (excluding diaryl/α,β-unsaturated/α-hetero) is 1. The lowest BCUT2D eigenvalue weighted by Gasteiger charge is -2.26. The molecular formula is C25H25NO6. The molecule has 0 fully saturated rings. The number of ketones is 1. The fourth-order valence-corrected chi connectivity index (χ4v) is 4.09. The highest BCUT2D eigenvalue weighted by molar-refractivity contribution is 6.16. The zero-order chi connectivity index (χ0) is 22.8. The average molecular weight is 435 g/mol. The van der Waals surface area contributed by atoms with Gasteiger partial charge >= 0.3 is 0 Å². The molecule has 32 heavy (non-hydrogen) atoms. The number of methoxy groups -OCH3 is 1. The monoisotopic (exact) mass is 435 g/mol. The molecule has 2 aromatic carbocycles. The molecule has 1 atom stereocenters. The molecular weight excluding hydrogens is 410 g/mol. The van der Waals surface area contributed by atoms with Crippen LogP contribution in [0.25, 0.3) is 11.0 Å². The Morgan fingerprint density at radius 3 is 2.56 bits per heavy atom. The first-order chi connectivity index (χ1) is 15.5. The number of phenolic OH excluding ortho intramolecular Hbond substituents is 1. The Hall–Kier alpha value is -3.74. The second kappa shape index (κ2) is 8.78. The van der Waals surface area contributed by atoms with Crippen LogP contribution in [0.1, 0.15) is 48.3 Å². The summed E-state index contributed by atoms with van der Waals surface area (Å²) in [5.74, 6) is -1.16. The van der Waals surface area contributed by atoms with Crippen LogP contribution in [0, 0.1) is 0 Å². The number of aromatic hydroxyl groups is 1. The van der Waals surface area contributed by atoms with Crippen LogP contribution in [-0.4, -0.2) is 40.5 Å². The van der Waals surface area contributed by atoms with Gasteiger partial charge in [0.1, 0.15) is 5.75 Å². The van der Waals surface area contributed by atoms with Gasteiger partial charge in [0.05, 0.1) is 18.7 Å². The molecule has 0 aliphatic carbocycles. The number of carbonyl (C=O) groups excluding carboxylic acids is 2. The van der Waals surface area contributed by atoms with E-state index in [0.29, 0.717) is 28.8 Å². The van der Waals surface area contributed by atoms with Crippen molar-refractivity contribution in [1.29, 1.82) is 0 Å². The number of nitrogens with zero attached hydrogens (tertiary/aromatic N) is 1. The van der Waals surface area contributed by atoms with Crippen molar-refractivity contribution in [2.45, 2.75) is 32.2 Å². The summed E-state index contributed by atoms with van der Waals surface area (Å²) in [6.45, 7) is 2.46. The molecule has 1 unspecified atom stereocenters. The number of fused-ring (bicyclic) bond motifs is 1. The number of unbranched alkanes of at least 4 members (excludes halogenated alkanes) is 2. The third-order valence-corrected chi connectivity index (χ3v) is 5.71. The third-order valence-electron chi connectivity index (χ3n) is 5.71. The summed E-state index contributed by atoms with van der Waals surface area (Å²) in [4.78, 5) is 28.0. The van der Waals surface area contributed by atoms with Crippen molar-refractivity contribution in [1.82, 2.24) is 4.90 Å². The van der Waals surface area contributed by atoms with E-state index in [4.69, 9.17) is 9.15 Å². The first kappa shape index (κ1) is 21.5. The highest BCUT2D eigenvalue weighted by Gasteiger charge is 2.44. The molecule has 1 aliphatic heterocycles. The molecule has 0 radical (unpaired) electrons. The third kappa shape index (κ3) is 3.70. The van der Waals surface area contributed by atoms with Crippen molar-refractivity contribution in [2.24, 2.45) is 0 Å². The predicted octanol–water partition coefficient (Wildman–Crippen LogP) is 4.92. The van der Waals surface area contributed by atoms with Crippen molar-refractivity contribution < 1.29 is 29.0 Å². The zero-order valence-electron chi connectivity index (χ0n) is 18.0. The van der Waals surface area contributed by atoms with Gasteiger partial charge in [-0.25, -0.2) is 0 Å². The summed E-state index contributed by atoms with van der Waals surface area (Å²) in [5, 5.41) is 21.1. The second-order valence-electron chi connectivity index (χ2n) is 7.78. The topological polar surface area (TPSA) is 100 Å². The molecule has 0 spiro atoms. The molecule has 1 aliphatic rings. The highest BCUT2D eigenvalue weighted by Crippen LogP contribution is 2.40. The van der Waals surface area contributed by atoms with Crippen molar-refractivity contribution in [2.75, 3.05) is 13.7 Å². The Morgan fingerprint density at radius 2 is 1.88 bits per heavy atom. The van der Waals surface area contributed by atoms with E-state index < -0.39 is 23.5 Å². The molecule has 0 saturated heterocycles. The van der Waals surface area contributed by atoms with Crippen LogP contribution in [0.15, 0.2) is 64.3 Å². The first-order valence-electron chi connectivity index (χ1n) is 10.6. The van der Waals surface area contributed by atoms with Gasteiger partial charge in [-0.15, -0.1) is 0 Å². The summed E-state index contributed by atoms with van der Waals surface area (Å²) in [7, 11) is 1.51. The molecule has 7 heteroatoms. The SMILES string of the molecule is CCCCCN1C(=O)C(O)=C(C(=O)c2cc3cccc(OC)c3o2)C1c1ccc(O)cc1.